The van der Waals surface area contributed by atoms with Crippen LogP contribution < -0.4 is 0 Å². The van der Waals surface area contributed by atoms with Crippen LogP contribution in [0.2, 0.25) is 5.02 Å². The Labute approximate surface area is 187 Å². The summed E-state index contributed by atoms with van der Waals surface area (Å²) in [6.07, 6.45) is 1.17. The van der Waals surface area contributed by atoms with Crippen molar-refractivity contribution in [2.75, 3.05) is 0 Å². The molecule has 0 spiro atoms. The van der Waals surface area contributed by atoms with Crippen molar-refractivity contribution in [2.24, 2.45) is 4.99 Å². The highest BCUT2D eigenvalue weighted by atomic mass is 35.5. The van der Waals surface area contributed by atoms with Crippen molar-refractivity contribution in [3.8, 4) is 16.8 Å². The minimum absolute atomic E-state index is 0.385. The summed E-state index contributed by atoms with van der Waals surface area (Å²) in [6.45, 7) is 4.39. The van der Waals surface area contributed by atoms with Gasteiger partial charge in [-0.15, -0.1) is 21.5 Å². The summed E-state index contributed by atoms with van der Waals surface area (Å²) in [5, 5.41) is 10.2. The topological polar surface area (TPSA) is 56.0 Å². The first-order valence-corrected chi connectivity index (χ1v) is 10.7. The van der Waals surface area contributed by atoms with Crippen LogP contribution in [-0.4, -0.2) is 25.5 Å². The quantitative estimate of drug-likeness (QED) is 0.390. The number of aliphatic imine (C=N–C) groups is 1. The molecule has 0 radical (unpaired) electrons. The largest absolute Gasteiger partial charge is 0.276 e. The number of hydrogen-bond donors (Lipinski definition) is 0. The van der Waals surface area contributed by atoms with Crippen LogP contribution in [0.4, 0.5) is 4.39 Å². The van der Waals surface area contributed by atoms with Crippen molar-refractivity contribution < 1.29 is 4.39 Å². The molecule has 0 fully saturated rings. The third-order valence-electron chi connectivity index (χ3n) is 4.99. The molecule has 0 unspecified atom stereocenters. The lowest BCUT2D eigenvalue weighted by Crippen LogP contribution is -2.07. The predicted molar refractivity (Wildman–Crippen MR) is 120 cm³/mol. The second-order valence-corrected chi connectivity index (χ2v) is 8.45. The molecule has 31 heavy (non-hydrogen) atoms. The summed E-state index contributed by atoms with van der Waals surface area (Å²) in [5.41, 5.74) is 4.38. The summed E-state index contributed by atoms with van der Waals surface area (Å²) >= 11 is 7.66. The van der Waals surface area contributed by atoms with Gasteiger partial charge in [-0.05, 0) is 55.5 Å². The van der Waals surface area contributed by atoms with Crippen LogP contribution in [0.3, 0.4) is 0 Å². The van der Waals surface area contributed by atoms with E-state index in [9.17, 15) is 4.39 Å². The van der Waals surface area contributed by atoms with Gasteiger partial charge in [0.25, 0.3) is 0 Å². The second kappa shape index (κ2) is 7.73. The molecule has 0 bridgehead atoms. The SMILES string of the molecule is Cc1c(C#Cc2ccc(F)cn2)sc2c1C(c1ccc(Cl)cc1)=NCc1nnc(C)n1-2. The normalized spacial score (nSPS) is 12.3. The number of halogens is 2. The molecular formula is C23H15ClFN5S. The van der Waals surface area contributed by atoms with Crippen LogP contribution in [0, 0.1) is 31.5 Å². The molecule has 1 aromatic carbocycles. The number of nitrogens with zero attached hydrogens (tertiary/aromatic N) is 5. The van der Waals surface area contributed by atoms with Gasteiger partial charge in [-0.25, -0.2) is 9.37 Å². The molecule has 0 amide bonds. The van der Waals surface area contributed by atoms with Crippen molar-refractivity contribution in [3.05, 3.63) is 92.3 Å². The fourth-order valence-electron chi connectivity index (χ4n) is 3.47. The van der Waals surface area contributed by atoms with E-state index >= 15 is 0 Å². The Morgan fingerprint density at radius 3 is 2.61 bits per heavy atom. The highest BCUT2D eigenvalue weighted by Gasteiger charge is 2.27. The van der Waals surface area contributed by atoms with E-state index in [1.165, 1.54) is 12.3 Å². The molecule has 0 atom stereocenters. The summed E-state index contributed by atoms with van der Waals surface area (Å²) in [6, 6.07) is 10.6. The molecule has 152 valence electrons. The van der Waals surface area contributed by atoms with Gasteiger partial charge in [0.15, 0.2) is 5.82 Å². The number of pyridine rings is 1. The van der Waals surface area contributed by atoms with E-state index < -0.39 is 0 Å². The van der Waals surface area contributed by atoms with Crippen LogP contribution >= 0.6 is 22.9 Å². The van der Waals surface area contributed by atoms with Gasteiger partial charge in [-0.3, -0.25) is 9.56 Å². The summed E-state index contributed by atoms with van der Waals surface area (Å²) < 4.78 is 15.2. The highest BCUT2D eigenvalue weighted by molar-refractivity contribution is 7.15. The van der Waals surface area contributed by atoms with Crippen molar-refractivity contribution in [2.45, 2.75) is 20.4 Å². The van der Waals surface area contributed by atoms with Crippen LogP contribution in [0.5, 0.6) is 0 Å². The molecule has 5 nitrogen and oxygen atoms in total. The summed E-state index contributed by atoms with van der Waals surface area (Å²) in [7, 11) is 0. The van der Waals surface area contributed by atoms with Gasteiger partial charge in [0, 0.05) is 16.1 Å². The van der Waals surface area contributed by atoms with Crippen LogP contribution in [0.25, 0.3) is 5.00 Å². The zero-order valence-corrected chi connectivity index (χ0v) is 18.2. The average molecular weight is 448 g/mol. The Morgan fingerprint density at radius 2 is 1.87 bits per heavy atom. The number of rotatable bonds is 1. The number of hydrogen-bond acceptors (Lipinski definition) is 5. The molecule has 4 aromatic rings. The second-order valence-electron chi connectivity index (χ2n) is 7.02. The monoisotopic (exact) mass is 447 g/mol. The molecule has 0 saturated carbocycles. The standard InChI is InChI=1S/C23H15ClFN5S/c1-13-19(10-9-18-8-7-17(25)11-26-18)31-23-21(13)22(15-3-5-16(24)6-4-15)27-12-20-29-28-14(2)30(20)23/h3-8,11H,12H2,1-2H3. The molecule has 1 aliphatic rings. The zero-order chi connectivity index (χ0) is 21.5. The van der Waals surface area contributed by atoms with E-state index in [2.05, 4.69) is 27.0 Å². The van der Waals surface area contributed by atoms with Gasteiger partial charge in [-0.1, -0.05) is 23.7 Å². The van der Waals surface area contributed by atoms with E-state index in [-0.39, 0.29) is 5.82 Å². The number of thiophene rings is 1. The van der Waals surface area contributed by atoms with Crippen molar-refractivity contribution in [3.63, 3.8) is 0 Å². The van der Waals surface area contributed by atoms with Crippen LogP contribution in [0.15, 0.2) is 47.6 Å². The summed E-state index contributed by atoms with van der Waals surface area (Å²) in [5.74, 6) is 7.43. The predicted octanol–water partition coefficient (Wildman–Crippen LogP) is 4.88. The molecule has 5 rings (SSSR count). The van der Waals surface area contributed by atoms with Crippen molar-refractivity contribution in [1.82, 2.24) is 19.7 Å². The molecule has 1 aliphatic heterocycles. The van der Waals surface area contributed by atoms with Gasteiger partial charge >= 0.3 is 0 Å². The molecular weight excluding hydrogens is 433 g/mol. The van der Waals surface area contributed by atoms with Gasteiger partial charge in [0.2, 0.25) is 0 Å². The van der Waals surface area contributed by atoms with Crippen molar-refractivity contribution >= 4 is 28.6 Å². The average Bonchev–Trinajstić information content (AvgIpc) is 3.23. The lowest BCUT2D eigenvalue weighted by molar-refractivity contribution is 0.621. The molecule has 0 saturated heterocycles. The van der Waals surface area contributed by atoms with Gasteiger partial charge in [0.1, 0.15) is 28.9 Å². The van der Waals surface area contributed by atoms with Gasteiger partial charge in [0.05, 0.1) is 16.8 Å². The first-order chi connectivity index (χ1) is 15.0. The fraction of sp³-hybridized carbons (Fsp3) is 0.130. The molecule has 0 aliphatic carbocycles. The maximum Gasteiger partial charge on any atom is 0.160 e. The molecule has 3 aromatic heterocycles. The van der Waals surface area contributed by atoms with E-state index in [1.807, 2.05) is 42.7 Å². The number of fused-ring (bicyclic) bond motifs is 3. The maximum absolute atomic E-state index is 13.1. The Morgan fingerprint density at radius 1 is 1.06 bits per heavy atom. The van der Waals surface area contributed by atoms with E-state index in [0.29, 0.717) is 17.3 Å². The first kappa shape index (κ1) is 19.6. The maximum atomic E-state index is 13.1. The number of aryl methyl sites for hydroxylation is 1. The third-order valence-corrected chi connectivity index (χ3v) is 6.43. The highest BCUT2D eigenvalue weighted by Crippen LogP contribution is 2.36. The summed E-state index contributed by atoms with van der Waals surface area (Å²) in [4.78, 5) is 9.79. The van der Waals surface area contributed by atoms with Gasteiger partial charge in [-0.2, -0.15) is 0 Å². The van der Waals surface area contributed by atoms with Crippen LogP contribution in [0.1, 0.15) is 38.9 Å². The minimum atomic E-state index is -0.385. The molecule has 0 N–H and O–H groups in total. The van der Waals surface area contributed by atoms with Crippen LogP contribution in [-0.2, 0) is 6.54 Å². The van der Waals surface area contributed by atoms with Gasteiger partial charge < -0.3 is 0 Å². The fourth-order valence-corrected chi connectivity index (χ4v) is 4.83. The van der Waals surface area contributed by atoms with E-state index in [0.717, 1.165) is 43.9 Å². The number of aromatic nitrogens is 4. The third kappa shape index (κ3) is 3.54. The van der Waals surface area contributed by atoms with Crippen molar-refractivity contribution in [1.29, 1.82) is 0 Å². The Hall–Kier alpha value is -3.34. The minimum Gasteiger partial charge on any atom is -0.276 e. The lowest BCUT2D eigenvalue weighted by Gasteiger charge is -2.09. The molecule has 8 heteroatoms. The molecule has 4 heterocycles. The Kier molecular flexibility index (Phi) is 4.89. The van der Waals surface area contributed by atoms with E-state index in [4.69, 9.17) is 16.6 Å². The Bertz CT molecular complexity index is 1390. The smallest absolute Gasteiger partial charge is 0.160 e. The lowest BCUT2D eigenvalue weighted by atomic mass is 10.00. The van der Waals surface area contributed by atoms with E-state index in [1.54, 1.807) is 17.4 Å². The number of benzene rings is 1. The Balaban J connectivity index is 1.69. The zero-order valence-electron chi connectivity index (χ0n) is 16.6. The first-order valence-electron chi connectivity index (χ1n) is 9.50.